The van der Waals surface area contributed by atoms with Gasteiger partial charge in [-0.15, -0.1) is 0 Å². The Bertz CT molecular complexity index is 764. The van der Waals surface area contributed by atoms with E-state index in [2.05, 4.69) is 48.2 Å². The zero-order valence-corrected chi connectivity index (χ0v) is 12.2. The first-order valence-electron chi connectivity index (χ1n) is 6.93. The van der Waals surface area contributed by atoms with E-state index in [-0.39, 0.29) is 0 Å². The van der Waals surface area contributed by atoms with Crippen molar-refractivity contribution in [2.24, 2.45) is 12.8 Å². The highest BCUT2D eigenvalue weighted by Crippen LogP contribution is 2.36. The molecule has 0 amide bonds. The number of aromatic amines is 1. The van der Waals surface area contributed by atoms with Gasteiger partial charge in [0, 0.05) is 46.9 Å². The van der Waals surface area contributed by atoms with Crippen LogP contribution in [0.15, 0.2) is 24.3 Å². The molecule has 0 saturated carbocycles. The van der Waals surface area contributed by atoms with Crippen LogP contribution in [0.4, 0.5) is 0 Å². The largest absolute Gasteiger partial charge is 0.358 e. The number of hydrogen-bond acceptors (Lipinski definition) is 2. The SMILES string of the molecule is Cc1nn(C)c(CCN)c1-c1c(C)[nH]c2ccccc12. The van der Waals surface area contributed by atoms with Gasteiger partial charge in [0.1, 0.15) is 0 Å². The van der Waals surface area contributed by atoms with Gasteiger partial charge in [-0.2, -0.15) is 5.10 Å². The molecule has 0 bridgehead atoms. The number of benzene rings is 1. The van der Waals surface area contributed by atoms with E-state index in [9.17, 15) is 0 Å². The fourth-order valence-electron chi connectivity index (χ4n) is 3.05. The van der Waals surface area contributed by atoms with E-state index in [0.717, 1.165) is 12.1 Å². The Morgan fingerprint density at radius 1 is 1.20 bits per heavy atom. The number of fused-ring (bicyclic) bond motifs is 1. The molecule has 104 valence electrons. The van der Waals surface area contributed by atoms with Crippen LogP contribution in [0.1, 0.15) is 17.1 Å². The Balaban J connectivity index is 2.33. The Morgan fingerprint density at radius 2 is 1.95 bits per heavy atom. The summed E-state index contributed by atoms with van der Waals surface area (Å²) in [6.07, 6.45) is 0.839. The van der Waals surface area contributed by atoms with Gasteiger partial charge in [0.15, 0.2) is 0 Å². The molecular formula is C16H20N4. The molecule has 0 saturated heterocycles. The van der Waals surface area contributed by atoms with Crippen LogP contribution in [0.2, 0.25) is 0 Å². The van der Waals surface area contributed by atoms with Crippen LogP contribution in [-0.2, 0) is 13.5 Å². The summed E-state index contributed by atoms with van der Waals surface area (Å²) >= 11 is 0. The molecule has 2 aromatic heterocycles. The normalized spacial score (nSPS) is 11.4. The first kappa shape index (κ1) is 12.9. The molecule has 0 unspecified atom stereocenters. The Hall–Kier alpha value is -2.07. The van der Waals surface area contributed by atoms with E-state index in [4.69, 9.17) is 5.73 Å². The van der Waals surface area contributed by atoms with Crippen LogP contribution in [0.3, 0.4) is 0 Å². The smallest absolute Gasteiger partial charge is 0.0675 e. The fourth-order valence-corrected chi connectivity index (χ4v) is 3.05. The minimum atomic E-state index is 0.632. The van der Waals surface area contributed by atoms with Gasteiger partial charge in [0.2, 0.25) is 0 Å². The first-order chi connectivity index (χ1) is 9.63. The molecule has 2 heterocycles. The van der Waals surface area contributed by atoms with Gasteiger partial charge >= 0.3 is 0 Å². The minimum absolute atomic E-state index is 0.632. The number of nitrogens with two attached hydrogens (primary N) is 1. The summed E-state index contributed by atoms with van der Waals surface area (Å²) in [6, 6.07) is 8.40. The number of H-pyrrole nitrogens is 1. The lowest BCUT2D eigenvalue weighted by Crippen LogP contribution is -2.08. The molecule has 1 aromatic carbocycles. The van der Waals surface area contributed by atoms with E-state index < -0.39 is 0 Å². The minimum Gasteiger partial charge on any atom is -0.358 e. The maximum absolute atomic E-state index is 5.76. The van der Waals surface area contributed by atoms with Crippen LogP contribution in [0.5, 0.6) is 0 Å². The molecule has 3 rings (SSSR count). The summed E-state index contributed by atoms with van der Waals surface area (Å²) in [5.41, 5.74) is 12.9. The Morgan fingerprint density at radius 3 is 2.70 bits per heavy atom. The molecule has 0 spiro atoms. The second-order valence-electron chi connectivity index (χ2n) is 5.24. The monoisotopic (exact) mass is 268 g/mol. The topological polar surface area (TPSA) is 59.6 Å². The van der Waals surface area contributed by atoms with E-state index in [0.29, 0.717) is 6.54 Å². The highest BCUT2D eigenvalue weighted by Gasteiger charge is 2.19. The maximum Gasteiger partial charge on any atom is 0.0675 e. The summed E-state index contributed by atoms with van der Waals surface area (Å²) in [5.74, 6) is 0. The van der Waals surface area contributed by atoms with Crippen LogP contribution < -0.4 is 5.73 Å². The van der Waals surface area contributed by atoms with E-state index >= 15 is 0 Å². The predicted molar refractivity (Wildman–Crippen MR) is 82.7 cm³/mol. The summed E-state index contributed by atoms with van der Waals surface area (Å²) in [6.45, 7) is 4.82. The van der Waals surface area contributed by atoms with Gasteiger partial charge in [0.05, 0.1) is 5.69 Å². The third kappa shape index (κ3) is 1.84. The van der Waals surface area contributed by atoms with Crippen LogP contribution >= 0.6 is 0 Å². The number of nitrogens with one attached hydrogen (secondary N) is 1. The highest BCUT2D eigenvalue weighted by molar-refractivity contribution is 5.98. The van der Waals surface area contributed by atoms with Crippen molar-refractivity contribution in [1.29, 1.82) is 0 Å². The molecule has 4 nitrogen and oxygen atoms in total. The van der Waals surface area contributed by atoms with Crippen molar-refractivity contribution < 1.29 is 0 Å². The van der Waals surface area contributed by atoms with Crippen molar-refractivity contribution in [2.75, 3.05) is 6.54 Å². The van der Waals surface area contributed by atoms with Crippen molar-refractivity contribution in [3.8, 4) is 11.1 Å². The summed E-state index contributed by atoms with van der Waals surface area (Å²) < 4.78 is 1.96. The maximum atomic E-state index is 5.76. The number of aromatic nitrogens is 3. The lowest BCUT2D eigenvalue weighted by atomic mass is 9.99. The average Bonchev–Trinajstić information content (AvgIpc) is 2.87. The quantitative estimate of drug-likeness (QED) is 0.767. The first-order valence-corrected chi connectivity index (χ1v) is 6.93. The Kier molecular flexibility index (Phi) is 3.10. The second-order valence-corrected chi connectivity index (χ2v) is 5.24. The molecule has 3 N–H and O–H groups in total. The number of para-hydroxylation sites is 1. The fraction of sp³-hybridized carbons (Fsp3) is 0.312. The second kappa shape index (κ2) is 4.80. The number of aryl methyl sites for hydroxylation is 3. The molecule has 4 heteroatoms. The van der Waals surface area contributed by atoms with Gasteiger partial charge in [-0.3, -0.25) is 4.68 Å². The summed E-state index contributed by atoms with van der Waals surface area (Å²) in [7, 11) is 1.99. The molecule has 3 aromatic rings. The molecular weight excluding hydrogens is 248 g/mol. The summed E-state index contributed by atoms with van der Waals surface area (Å²) in [4.78, 5) is 3.46. The average molecular weight is 268 g/mol. The predicted octanol–water partition coefficient (Wildman–Crippen LogP) is 2.69. The van der Waals surface area contributed by atoms with Gasteiger partial charge in [-0.05, 0) is 26.5 Å². The molecule has 0 aliphatic carbocycles. The zero-order valence-electron chi connectivity index (χ0n) is 12.2. The molecule has 0 atom stereocenters. The molecule has 0 fully saturated rings. The van der Waals surface area contributed by atoms with E-state index in [1.807, 2.05) is 11.7 Å². The van der Waals surface area contributed by atoms with Crippen molar-refractivity contribution in [3.63, 3.8) is 0 Å². The van der Waals surface area contributed by atoms with Crippen molar-refractivity contribution in [2.45, 2.75) is 20.3 Å². The molecule has 0 aliphatic heterocycles. The third-order valence-corrected chi connectivity index (χ3v) is 3.87. The third-order valence-electron chi connectivity index (χ3n) is 3.87. The Labute approximate surface area is 118 Å². The van der Waals surface area contributed by atoms with Crippen molar-refractivity contribution >= 4 is 10.9 Å². The number of nitrogens with zero attached hydrogens (tertiary/aromatic N) is 2. The van der Waals surface area contributed by atoms with E-state index in [1.54, 1.807) is 0 Å². The van der Waals surface area contributed by atoms with Crippen LogP contribution in [-0.4, -0.2) is 21.3 Å². The van der Waals surface area contributed by atoms with Crippen LogP contribution in [0.25, 0.3) is 22.0 Å². The molecule has 0 radical (unpaired) electrons. The van der Waals surface area contributed by atoms with Gasteiger partial charge in [-0.25, -0.2) is 0 Å². The van der Waals surface area contributed by atoms with E-state index in [1.165, 1.54) is 33.4 Å². The van der Waals surface area contributed by atoms with Gasteiger partial charge in [-0.1, -0.05) is 18.2 Å². The van der Waals surface area contributed by atoms with Crippen molar-refractivity contribution in [1.82, 2.24) is 14.8 Å². The molecule has 0 aliphatic rings. The van der Waals surface area contributed by atoms with Crippen LogP contribution in [0, 0.1) is 13.8 Å². The standard InChI is InChI=1S/C16H20N4/c1-10-15(12-6-4-5-7-13(12)18-10)16-11(2)19-20(3)14(16)8-9-17/h4-7,18H,8-9,17H2,1-3H3. The highest BCUT2D eigenvalue weighted by atomic mass is 15.3. The van der Waals surface area contributed by atoms with Gasteiger partial charge in [0.25, 0.3) is 0 Å². The summed E-state index contributed by atoms with van der Waals surface area (Å²) in [5, 5.41) is 5.83. The molecule has 20 heavy (non-hydrogen) atoms. The van der Waals surface area contributed by atoms with Gasteiger partial charge < -0.3 is 10.7 Å². The lowest BCUT2D eigenvalue weighted by Gasteiger charge is -2.06. The number of hydrogen-bond donors (Lipinski definition) is 2. The lowest BCUT2D eigenvalue weighted by molar-refractivity contribution is 0.701. The zero-order chi connectivity index (χ0) is 14.3. The number of rotatable bonds is 3. The van der Waals surface area contributed by atoms with Crippen molar-refractivity contribution in [3.05, 3.63) is 41.3 Å².